The number of hydrogen-bond acceptors (Lipinski definition) is 2. The maximum absolute atomic E-state index is 12.7. The predicted molar refractivity (Wildman–Crippen MR) is 113 cm³/mol. The Kier molecular flexibility index (Phi) is 5.30. The first-order chi connectivity index (χ1) is 13.2. The van der Waals surface area contributed by atoms with Crippen LogP contribution in [0.1, 0.15) is 44.3 Å². The Morgan fingerprint density at radius 2 is 1.89 bits per heavy atom. The van der Waals surface area contributed by atoms with E-state index in [2.05, 4.69) is 45.6 Å². The summed E-state index contributed by atoms with van der Waals surface area (Å²) in [5.74, 6) is 1.37. The number of carbonyl (C=O) groups is 1. The minimum Gasteiger partial charge on any atom is -0.328 e. The molecule has 27 heavy (non-hydrogen) atoms. The van der Waals surface area contributed by atoms with Gasteiger partial charge in [-0.05, 0) is 42.8 Å². The topological polar surface area (TPSA) is 38.1 Å². The van der Waals surface area contributed by atoms with E-state index in [0.717, 1.165) is 34.5 Å². The summed E-state index contributed by atoms with van der Waals surface area (Å²) in [5.41, 5.74) is 3.16. The third kappa shape index (κ3) is 3.65. The smallest absolute Gasteiger partial charge is 0.227 e. The summed E-state index contributed by atoms with van der Waals surface area (Å²) in [4.78, 5) is 19.5. The number of nitrogens with zero attached hydrogens (tertiary/aromatic N) is 3. The molecule has 4 rings (SSSR count). The van der Waals surface area contributed by atoms with Crippen LogP contribution in [-0.2, 0) is 11.3 Å². The molecule has 2 aromatic carbocycles. The standard InChI is InChI=1S/C22H24BrN3O/c1-2-3-6-13-25-20-8-5-4-7-19(20)24-22(25)16-14-21(27)26(15-16)18-11-9-17(23)10-12-18/h4-5,7-12,16H,2-3,6,13-15H2,1H3. The number of rotatable bonds is 6. The van der Waals surface area contributed by atoms with Gasteiger partial charge in [0.2, 0.25) is 5.91 Å². The number of hydrogen-bond donors (Lipinski definition) is 0. The van der Waals surface area contributed by atoms with Gasteiger partial charge in [-0.2, -0.15) is 0 Å². The van der Waals surface area contributed by atoms with Gasteiger partial charge in [-0.15, -0.1) is 0 Å². The number of halogens is 1. The zero-order chi connectivity index (χ0) is 18.8. The fourth-order valence-electron chi connectivity index (χ4n) is 3.91. The van der Waals surface area contributed by atoms with E-state index in [-0.39, 0.29) is 11.8 Å². The monoisotopic (exact) mass is 425 g/mol. The lowest BCUT2D eigenvalue weighted by atomic mass is 10.1. The van der Waals surface area contributed by atoms with Crippen LogP contribution in [0.5, 0.6) is 0 Å². The second-order valence-electron chi connectivity index (χ2n) is 7.20. The molecule has 1 aromatic heterocycles. The first-order valence-electron chi connectivity index (χ1n) is 9.68. The summed E-state index contributed by atoms with van der Waals surface area (Å²) in [6.07, 6.45) is 4.07. The number of amides is 1. The maximum Gasteiger partial charge on any atom is 0.227 e. The van der Waals surface area contributed by atoms with Gasteiger partial charge in [0.05, 0.1) is 11.0 Å². The van der Waals surface area contributed by atoms with Crippen LogP contribution in [0.3, 0.4) is 0 Å². The number of benzene rings is 2. The van der Waals surface area contributed by atoms with Crippen molar-refractivity contribution < 1.29 is 4.79 Å². The third-order valence-electron chi connectivity index (χ3n) is 5.30. The van der Waals surface area contributed by atoms with Gasteiger partial charge in [-0.25, -0.2) is 4.98 Å². The van der Waals surface area contributed by atoms with Crippen LogP contribution in [0.15, 0.2) is 53.0 Å². The molecule has 1 atom stereocenters. The summed E-state index contributed by atoms with van der Waals surface area (Å²) in [7, 11) is 0. The third-order valence-corrected chi connectivity index (χ3v) is 5.83. The molecule has 1 aliphatic heterocycles. The van der Waals surface area contributed by atoms with Crippen molar-refractivity contribution in [3.05, 3.63) is 58.8 Å². The Bertz CT molecular complexity index is 948. The number of fused-ring (bicyclic) bond motifs is 1. The summed E-state index contributed by atoms with van der Waals surface area (Å²) in [6, 6.07) is 16.3. The molecule has 1 unspecified atom stereocenters. The van der Waals surface area contributed by atoms with Crippen molar-refractivity contribution in [2.45, 2.75) is 45.1 Å². The van der Waals surface area contributed by atoms with Crippen LogP contribution < -0.4 is 4.90 Å². The van der Waals surface area contributed by atoms with Crippen LogP contribution in [-0.4, -0.2) is 22.0 Å². The molecular formula is C22H24BrN3O. The van der Waals surface area contributed by atoms with E-state index in [1.54, 1.807) is 0 Å². The molecule has 1 aliphatic rings. The molecule has 1 saturated heterocycles. The lowest BCUT2D eigenvalue weighted by Gasteiger charge is -2.17. The van der Waals surface area contributed by atoms with Gasteiger partial charge in [0, 0.05) is 35.6 Å². The van der Waals surface area contributed by atoms with E-state index in [4.69, 9.17) is 4.98 Å². The number of imidazole rings is 1. The highest BCUT2D eigenvalue weighted by molar-refractivity contribution is 9.10. The van der Waals surface area contributed by atoms with E-state index in [0.29, 0.717) is 13.0 Å². The van der Waals surface area contributed by atoms with Crippen molar-refractivity contribution in [1.82, 2.24) is 9.55 Å². The summed E-state index contributed by atoms with van der Waals surface area (Å²) in [6.45, 7) is 3.88. The highest BCUT2D eigenvalue weighted by Gasteiger charge is 2.34. The van der Waals surface area contributed by atoms with Gasteiger partial charge in [0.25, 0.3) is 0 Å². The molecule has 0 aliphatic carbocycles. The Balaban J connectivity index is 1.64. The van der Waals surface area contributed by atoms with Gasteiger partial charge in [0.15, 0.2) is 0 Å². The molecular weight excluding hydrogens is 402 g/mol. The Morgan fingerprint density at radius 1 is 1.11 bits per heavy atom. The molecule has 140 valence electrons. The van der Waals surface area contributed by atoms with E-state index in [9.17, 15) is 4.79 Å². The normalized spacial score (nSPS) is 17.2. The second kappa shape index (κ2) is 7.85. The minimum atomic E-state index is 0.134. The molecule has 5 heteroatoms. The number of anilines is 1. The highest BCUT2D eigenvalue weighted by Crippen LogP contribution is 2.33. The Labute approximate surface area is 168 Å². The predicted octanol–water partition coefficient (Wildman–Crippen LogP) is 5.51. The zero-order valence-electron chi connectivity index (χ0n) is 15.6. The molecule has 1 fully saturated rings. The summed E-state index contributed by atoms with van der Waals surface area (Å²) in [5, 5.41) is 0. The number of aryl methyl sites for hydroxylation is 1. The fourth-order valence-corrected chi connectivity index (χ4v) is 4.18. The van der Waals surface area contributed by atoms with Crippen molar-refractivity contribution >= 4 is 38.6 Å². The van der Waals surface area contributed by atoms with Gasteiger partial charge < -0.3 is 9.47 Å². The van der Waals surface area contributed by atoms with E-state index in [1.165, 1.54) is 18.4 Å². The number of unbranched alkanes of at least 4 members (excludes halogenated alkanes) is 2. The largest absolute Gasteiger partial charge is 0.328 e. The van der Waals surface area contributed by atoms with Gasteiger partial charge >= 0.3 is 0 Å². The van der Waals surface area contributed by atoms with Crippen LogP contribution in [0.2, 0.25) is 0 Å². The van der Waals surface area contributed by atoms with Crippen molar-refractivity contribution in [3.63, 3.8) is 0 Å². The van der Waals surface area contributed by atoms with Crippen molar-refractivity contribution in [2.75, 3.05) is 11.4 Å². The SMILES string of the molecule is CCCCCn1c(C2CC(=O)N(c3ccc(Br)cc3)C2)nc2ccccc21. The maximum atomic E-state index is 12.7. The van der Waals surface area contributed by atoms with E-state index in [1.807, 2.05) is 35.2 Å². The zero-order valence-corrected chi connectivity index (χ0v) is 17.2. The lowest BCUT2D eigenvalue weighted by Crippen LogP contribution is -2.24. The molecule has 1 amide bonds. The average molecular weight is 426 g/mol. The van der Waals surface area contributed by atoms with Gasteiger partial charge in [-0.1, -0.05) is 47.8 Å². The lowest BCUT2D eigenvalue weighted by molar-refractivity contribution is -0.117. The molecule has 0 radical (unpaired) electrons. The van der Waals surface area contributed by atoms with Crippen molar-refractivity contribution in [2.24, 2.45) is 0 Å². The van der Waals surface area contributed by atoms with E-state index >= 15 is 0 Å². The molecule has 0 bridgehead atoms. The highest BCUT2D eigenvalue weighted by atomic mass is 79.9. The van der Waals surface area contributed by atoms with Crippen molar-refractivity contribution in [1.29, 1.82) is 0 Å². The van der Waals surface area contributed by atoms with E-state index < -0.39 is 0 Å². The molecule has 0 N–H and O–H groups in total. The Morgan fingerprint density at radius 3 is 2.67 bits per heavy atom. The van der Waals surface area contributed by atoms with Gasteiger partial charge in [0.1, 0.15) is 5.82 Å². The number of para-hydroxylation sites is 2. The minimum absolute atomic E-state index is 0.134. The van der Waals surface area contributed by atoms with Crippen LogP contribution in [0.25, 0.3) is 11.0 Å². The quantitative estimate of drug-likeness (QED) is 0.488. The average Bonchev–Trinajstić information content (AvgIpc) is 3.24. The molecule has 4 nitrogen and oxygen atoms in total. The summed E-state index contributed by atoms with van der Waals surface area (Å²) >= 11 is 3.46. The Hall–Kier alpha value is -2.14. The van der Waals surface area contributed by atoms with Crippen LogP contribution in [0, 0.1) is 0 Å². The number of aromatic nitrogens is 2. The molecule has 3 aromatic rings. The van der Waals surface area contributed by atoms with Crippen LogP contribution >= 0.6 is 15.9 Å². The van der Waals surface area contributed by atoms with Crippen molar-refractivity contribution in [3.8, 4) is 0 Å². The first-order valence-corrected chi connectivity index (χ1v) is 10.5. The van der Waals surface area contributed by atoms with Crippen LogP contribution in [0.4, 0.5) is 5.69 Å². The first kappa shape index (κ1) is 18.2. The molecule has 2 heterocycles. The fraction of sp³-hybridized carbons (Fsp3) is 0.364. The number of carbonyl (C=O) groups excluding carboxylic acids is 1. The van der Waals surface area contributed by atoms with Gasteiger partial charge in [-0.3, -0.25) is 4.79 Å². The molecule has 0 saturated carbocycles. The molecule has 0 spiro atoms. The summed E-state index contributed by atoms with van der Waals surface area (Å²) < 4.78 is 3.36. The second-order valence-corrected chi connectivity index (χ2v) is 8.11.